The molecular weight excluding hydrogens is 338 g/mol. The minimum atomic E-state index is 0.349. The summed E-state index contributed by atoms with van der Waals surface area (Å²) >= 11 is 0. The van der Waals surface area contributed by atoms with Crippen LogP contribution in [-0.4, -0.2) is 90.5 Å². The summed E-state index contributed by atoms with van der Waals surface area (Å²) in [6.45, 7) is 9.34. The number of piperazine rings is 1. The Kier molecular flexibility index (Phi) is 6.24. The van der Waals surface area contributed by atoms with Gasteiger partial charge in [-0.1, -0.05) is 6.07 Å². The average molecular weight is 372 g/mol. The molecule has 4 rings (SSSR count). The van der Waals surface area contributed by atoms with Gasteiger partial charge in [-0.05, 0) is 50.9 Å². The van der Waals surface area contributed by atoms with E-state index in [4.69, 9.17) is 0 Å². The minimum absolute atomic E-state index is 0.349. The molecule has 0 atom stereocenters. The van der Waals surface area contributed by atoms with E-state index in [0.29, 0.717) is 12.3 Å². The van der Waals surface area contributed by atoms with E-state index in [0.717, 1.165) is 70.5 Å². The fourth-order valence-electron chi connectivity index (χ4n) is 4.74. The van der Waals surface area contributed by atoms with Crippen LogP contribution in [0.15, 0.2) is 24.4 Å². The monoisotopic (exact) mass is 371 g/mol. The Morgan fingerprint density at radius 1 is 0.963 bits per heavy atom. The molecule has 0 bridgehead atoms. The number of carbonyl (C=O) groups excluding carboxylic acids is 1. The number of likely N-dealkylation sites (tertiary alicyclic amines) is 2. The summed E-state index contributed by atoms with van der Waals surface area (Å²) in [5.74, 6) is 1.41. The van der Waals surface area contributed by atoms with Gasteiger partial charge >= 0.3 is 0 Å². The van der Waals surface area contributed by atoms with Gasteiger partial charge in [0, 0.05) is 64.5 Å². The van der Waals surface area contributed by atoms with Crippen molar-refractivity contribution in [2.75, 3.05) is 63.8 Å². The van der Waals surface area contributed by atoms with Crippen molar-refractivity contribution in [2.24, 2.45) is 0 Å². The number of anilines is 1. The molecule has 1 amide bonds. The van der Waals surface area contributed by atoms with E-state index >= 15 is 0 Å². The molecule has 3 aliphatic heterocycles. The van der Waals surface area contributed by atoms with E-state index in [-0.39, 0.29) is 0 Å². The molecule has 6 nitrogen and oxygen atoms in total. The zero-order chi connectivity index (χ0) is 18.5. The molecule has 3 aliphatic rings. The molecule has 1 aromatic rings. The van der Waals surface area contributed by atoms with Crippen molar-refractivity contribution >= 4 is 11.7 Å². The first kappa shape index (κ1) is 18.7. The van der Waals surface area contributed by atoms with Crippen LogP contribution in [0.5, 0.6) is 0 Å². The van der Waals surface area contributed by atoms with Crippen LogP contribution in [0.4, 0.5) is 5.82 Å². The molecule has 0 aromatic carbocycles. The Balaban J connectivity index is 1.15. The van der Waals surface area contributed by atoms with Crippen molar-refractivity contribution in [1.29, 1.82) is 0 Å². The quantitative estimate of drug-likeness (QED) is 0.788. The number of amides is 1. The van der Waals surface area contributed by atoms with Crippen molar-refractivity contribution in [3.63, 3.8) is 0 Å². The fourth-order valence-corrected chi connectivity index (χ4v) is 4.74. The van der Waals surface area contributed by atoms with Gasteiger partial charge in [0.25, 0.3) is 0 Å². The summed E-state index contributed by atoms with van der Waals surface area (Å²) < 4.78 is 0. The maximum atomic E-state index is 12.6. The van der Waals surface area contributed by atoms with Gasteiger partial charge in [0.2, 0.25) is 5.91 Å². The van der Waals surface area contributed by atoms with Crippen LogP contribution in [0, 0.1) is 0 Å². The zero-order valence-corrected chi connectivity index (χ0v) is 16.4. The van der Waals surface area contributed by atoms with Crippen LogP contribution in [0.1, 0.15) is 32.1 Å². The first-order valence-corrected chi connectivity index (χ1v) is 10.7. The fraction of sp³-hybridized carbons (Fsp3) is 0.714. The second kappa shape index (κ2) is 9.02. The lowest BCUT2D eigenvalue weighted by molar-refractivity contribution is -0.133. The third-order valence-electron chi connectivity index (χ3n) is 6.46. The molecule has 0 aliphatic carbocycles. The van der Waals surface area contributed by atoms with E-state index in [1.165, 1.54) is 25.9 Å². The average Bonchev–Trinajstić information content (AvgIpc) is 3.28. The second-order valence-corrected chi connectivity index (χ2v) is 8.12. The van der Waals surface area contributed by atoms with Crippen LogP contribution < -0.4 is 4.90 Å². The summed E-state index contributed by atoms with van der Waals surface area (Å²) in [5.41, 5.74) is 0. The summed E-state index contributed by atoms with van der Waals surface area (Å²) in [6.07, 6.45) is 7.55. The largest absolute Gasteiger partial charge is 0.354 e. The highest BCUT2D eigenvalue weighted by Gasteiger charge is 2.28. The van der Waals surface area contributed by atoms with Crippen LogP contribution in [0.25, 0.3) is 0 Å². The van der Waals surface area contributed by atoms with Crippen molar-refractivity contribution in [3.8, 4) is 0 Å². The summed E-state index contributed by atoms with van der Waals surface area (Å²) in [4.78, 5) is 26.6. The van der Waals surface area contributed by atoms with E-state index in [2.05, 4.69) is 30.6 Å². The molecule has 4 heterocycles. The molecule has 148 valence electrons. The summed E-state index contributed by atoms with van der Waals surface area (Å²) in [6, 6.07) is 6.79. The second-order valence-electron chi connectivity index (χ2n) is 8.12. The van der Waals surface area contributed by atoms with Crippen molar-refractivity contribution in [3.05, 3.63) is 24.4 Å². The molecule has 0 spiro atoms. The van der Waals surface area contributed by atoms with Gasteiger partial charge in [-0.15, -0.1) is 0 Å². The van der Waals surface area contributed by atoms with E-state index < -0.39 is 0 Å². The standard InChI is InChI=1S/C21H33N5O/c27-21(26-13-6-19(7-14-26)24-10-3-4-11-24)8-12-23-15-17-25(18-16-23)20-5-1-2-9-22-20/h1-2,5,9,19H,3-4,6-8,10-18H2. The van der Waals surface area contributed by atoms with Crippen LogP contribution in [-0.2, 0) is 4.79 Å². The van der Waals surface area contributed by atoms with Crippen LogP contribution in [0.2, 0.25) is 0 Å². The lowest BCUT2D eigenvalue weighted by Crippen LogP contribution is -2.49. The first-order chi connectivity index (χ1) is 13.3. The smallest absolute Gasteiger partial charge is 0.223 e. The Bertz CT molecular complexity index is 588. The third kappa shape index (κ3) is 4.79. The van der Waals surface area contributed by atoms with Crippen LogP contribution in [0.3, 0.4) is 0 Å². The number of rotatable bonds is 5. The predicted octanol–water partition coefficient (Wildman–Crippen LogP) is 1.68. The van der Waals surface area contributed by atoms with Crippen LogP contribution >= 0.6 is 0 Å². The molecular formula is C21H33N5O. The molecule has 3 saturated heterocycles. The van der Waals surface area contributed by atoms with Gasteiger partial charge in [0.05, 0.1) is 0 Å². The van der Waals surface area contributed by atoms with Gasteiger partial charge in [0.15, 0.2) is 0 Å². The zero-order valence-electron chi connectivity index (χ0n) is 16.4. The van der Waals surface area contributed by atoms with E-state index in [1.807, 2.05) is 18.3 Å². The molecule has 0 saturated carbocycles. The maximum Gasteiger partial charge on any atom is 0.223 e. The third-order valence-corrected chi connectivity index (χ3v) is 6.46. The Morgan fingerprint density at radius 2 is 1.70 bits per heavy atom. The molecule has 27 heavy (non-hydrogen) atoms. The lowest BCUT2D eigenvalue weighted by atomic mass is 10.0. The van der Waals surface area contributed by atoms with Gasteiger partial charge < -0.3 is 14.7 Å². The number of pyridine rings is 1. The maximum absolute atomic E-state index is 12.6. The normalized spacial score (nSPS) is 23.1. The Hall–Kier alpha value is -1.66. The molecule has 0 unspecified atom stereocenters. The number of nitrogens with zero attached hydrogens (tertiary/aromatic N) is 5. The van der Waals surface area contributed by atoms with Gasteiger partial charge in [-0.2, -0.15) is 0 Å². The van der Waals surface area contributed by atoms with Crippen molar-refractivity contribution in [2.45, 2.75) is 38.1 Å². The summed E-state index contributed by atoms with van der Waals surface area (Å²) in [5, 5.41) is 0. The molecule has 0 N–H and O–H groups in total. The van der Waals surface area contributed by atoms with Crippen molar-refractivity contribution in [1.82, 2.24) is 19.7 Å². The number of carbonyl (C=O) groups is 1. The van der Waals surface area contributed by atoms with E-state index in [1.54, 1.807) is 0 Å². The number of hydrogen-bond donors (Lipinski definition) is 0. The molecule has 3 fully saturated rings. The Morgan fingerprint density at radius 3 is 2.37 bits per heavy atom. The number of aromatic nitrogens is 1. The SMILES string of the molecule is O=C(CCN1CCN(c2ccccn2)CC1)N1CCC(N2CCCC2)CC1. The van der Waals surface area contributed by atoms with Gasteiger partial charge in [0.1, 0.15) is 5.82 Å². The topological polar surface area (TPSA) is 42.9 Å². The number of piperidine rings is 1. The van der Waals surface area contributed by atoms with Crippen molar-refractivity contribution < 1.29 is 4.79 Å². The molecule has 6 heteroatoms. The highest BCUT2D eigenvalue weighted by molar-refractivity contribution is 5.76. The number of hydrogen-bond acceptors (Lipinski definition) is 5. The minimum Gasteiger partial charge on any atom is -0.354 e. The summed E-state index contributed by atoms with van der Waals surface area (Å²) in [7, 11) is 0. The van der Waals surface area contributed by atoms with Gasteiger partial charge in [-0.25, -0.2) is 4.98 Å². The molecule has 1 aromatic heterocycles. The predicted molar refractivity (Wildman–Crippen MR) is 108 cm³/mol. The highest BCUT2D eigenvalue weighted by atomic mass is 16.2. The lowest BCUT2D eigenvalue weighted by Gasteiger charge is -2.38. The van der Waals surface area contributed by atoms with Gasteiger partial charge in [-0.3, -0.25) is 9.69 Å². The Labute approximate surface area is 163 Å². The highest BCUT2D eigenvalue weighted by Crippen LogP contribution is 2.21. The molecule has 0 radical (unpaired) electrons. The van der Waals surface area contributed by atoms with E-state index in [9.17, 15) is 4.79 Å². The first-order valence-electron chi connectivity index (χ1n) is 10.7.